The third-order valence-electron chi connectivity index (χ3n) is 3.28. The van der Waals surface area contributed by atoms with E-state index in [1.165, 1.54) is 7.11 Å². The van der Waals surface area contributed by atoms with Crippen LogP contribution < -0.4 is 5.19 Å². The van der Waals surface area contributed by atoms with Crippen LogP contribution in [0.25, 0.3) is 0 Å². The van der Waals surface area contributed by atoms with Crippen molar-refractivity contribution < 1.29 is 34.9 Å². The maximum atomic E-state index is 12.9. The zero-order chi connectivity index (χ0) is 18.3. The Hall–Kier alpha value is -0.846. The highest BCUT2D eigenvalue weighted by Gasteiger charge is 2.41. The van der Waals surface area contributed by atoms with Gasteiger partial charge >= 0.3 is 20.9 Å². The van der Waals surface area contributed by atoms with E-state index in [2.05, 4.69) is 0 Å². The molecule has 0 unspecified atom stereocenters. The lowest BCUT2D eigenvalue weighted by Gasteiger charge is -2.33. The number of halogens is 6. The van der Waals surface area contributed by atoms with Crippen molar-refractivity contribution in [1.82, 2.24) is 0 Å². The summed E-state index contributed by atoms with van der Waals surface area (Å²) in [4.78, 5) is 0. The summed E-state index contributed by atoms with van der Waals surface area (Å²) in [7, 11) is -4.24. The molecular formula is C13H18F6O2Si2. The molecule has 0 saturated heterocycles. The minimum absolute atomic E-state index is 0.0720. The highest BCUT2D eigenvalue weighted by Crippen LogP contribution is 2.35. The van der Waals surface area contributed by atoms with E-state index in [-0.39, 0.29) is 11.3 Å². The van der Waals surface area contributed by atoms with Crippen molar-refractivity contribution in [2.45, 2.75) is 38.5 Å². The molecule has 0 radical (unpaired) electrons. The third-order valence-corrected chi connectivity index (χ3v) is 9.95. The number of rotatable bonds is 4. The topological polar surface area (TPSA) is 18.5 Å². The first-order valence-electron chi connectivity index (χ1n) is 6.64. The lowest BCUT2D eigenvalue weighted by atomic mass is 10.1. The monoisotopic (exact) mass is 376 g/mol. The molecule has 0 heterocycles. The molecule has 0 aliphatic heterocycles. The van der Waals surface area contributed by atoms with Gasteiger partial charge in [0.05, 0.1) is 11.1 Å². The van der Waals surface area contributed by atoms with Gasteiger partial charge in [-0.3, -0.25) is 0 Å². The van der Waals surface area contributed by atoms with E-state index in [9.17, 15) is 26.3 Å². The van der Waals surface area contributed by atoms with Crippen molar-refractivity contribution >= 4 is 22.1 Å². The van der Waals surface area contributed by atoms with Crippen molar-refractivity contribution in [2.24, 2.45) is 0 Å². The Labute approximate surface area is 132 Å². The Morgan fingerprint density at radius 2 is 1.17 bits per heavy atom. The molecule has 23 heavy (non-hydrogen) atoms. The minimum atomic E-state index is -4.87. The molecular weight excluding hydrogens is 358 g/mol. The average Bonchev–Trinajstić information content (AvgIpc) is 2.35. The normalized spacial score (nSPS) is 14.2. The second-order valence-corrected chi connectivity index (χ2v) is 13.6. The van der Waals surface area contributed by atoms with Gasteiger partial charge in [0, 0.05) is 7.11 Å². The zero-order valence-electron chi connectivity index (χ0n) is 13.3. The molecule has 1 aromatic carbocycles. The lowest BCUT2D eigenvalue weighted by molar-refractivity contribution is -0.142. The number of benzene rings is 1. The molecule has 1 rings (SSSR count). The molecule has 0 bridgehead atoms. The number of alkyl halides is 6. The molecule has 0 saturated carbocycles. The van der Waals surface area contributed by atoms with E-state index in [1.807, 2.05) is 0 Å². The van der Waals surface area contributed by atoms with Gasteiger partial charge in [-0.15, -0.1) is 0 Å². The lowest BCUT2D eigenvalue weighted by Crippen LogP contribution is -2.53. The van der Waals surface area contributed by atoms with Gasteiger partial charge in [0.25, 0.3) is 0 Å². The van der Waals surface area contributed by atoms with E-state index in [4.69, 9.17) is 8.54 Å². The fraction of sp³-hybridized carbons (Fsp3) is 0.538. The summed E-state index contributed by atoms with van der Waals surface area (Å²) in [5.41, 5.74) is -2.66. The summed E-state index contributed by atoms with van der Waals surface area (Å²) in [5.74, 6) is 0. The molecule has 0 aliphatic carbocycles. The van der Waals surface area contributed by atoms with Gasteiger partial charge in [-0.05, 0) is 49.6 Å². The van der Waals surface area contributed by atoms with Gasteiger partial charge in [-0.1, -0.05) is 0 Å². The van der Waals surface area contributed by atoms with Gasteiger partial charge in [-0.2, -0.15) is 26.3 Å². The molecule has 132 valence electrons. The van der Waals surface area contributed by atoms with Gasteiger partial charge in [0.15, 0.2) is 0 Å². The SMILES string of the molecule is CO[Si](C)(C)O[Si](C)(C)c1cc(C(F)(F)F)cc(C(F)(F)F)c1. The predicted molar refractivity (Wildman–Crippen MR) is 79.1 cm³/mol. The Kier molecular flexibility index (Phi) is 5.47. The van der Waals surface area contributed by atoms with Crippen LogP contribution in [0.4, 0.5) is 26.3 Å². The summed E-state index contributed by atoms with van der Waals surface area (Å²) in [6.07, 6.45) is -9.73. The first kappa shape index (κ1) is 20.2. The third kappa shape index (κ3) is 5.33. The van der Waals surface area contributed by atoms with Crippen LogP contribution in [0.15, 0.2) is 18.2 Å². The highest BCUT2D eigenvalue weighted by atomic mass is 28.4. The first-order valence-corrected chi connectivity index (χ1v) is 12.4. The fourth-order valence-electron chi connectivity index (χ4n) is 2.02. The first-order chi connectivity index (χ1) is 10.1. The van der Waals surface area contributed by atoms with Crippen molar-refractivity contribution in [2.75, 3.05) is 7.11 Å². The Balaban J connectivity index is 3.46. The summed E-state index contributed by atoms with van der Waals surface area (Å²) in [5, 5.41) is -0.0720. The van der Waals surface area contributed by atoms with E-state index in [0.717, 1.165) is 12.1 Å². The fourth-order valence-corrected chi connectivity index (χ4v) is 8.74. The molecule has 0 fully saturated rings. The van der Waals surface area contributed by atoms with E-state index < -0.39 is 40.4 Å². The van der Waals surface area contributed by atoms with Crippen molar-refractivity contribution in [1.29, 1.82) is 0 Å². The number of hydrogen-bond donors (Lipinski definition) is 0. The summed E-state index contributed by atoms with van der Waals surface area (Å²) in [6.45, 7) is 6.47. The van der Waals surface area contributed by atoms with E-state index in [0.29, 0.717) is 0 Å². The molecule has 0 atom stereocenters. The van der Waals surface area contributed by atoms with Crippen molar-refractivity contribution in [3.63, 3.8) is 0 Å². The highest BCUT2D eigenvalue weighted by molar-refractivity contribution is 6.90. The molecule has 0 N–H and O–H groups in total. The molecule has 0 aromatic heterocycles. The molecule has 10 heteroatoms. The predicted octanol–water partition coefficient (Wildman–Crippen LogP) is 4.50. The Morgan fingerprint density at radius 3 is 1.48 bits per heavy atom. The molecule has 0 aliphatic rings. The van der Waals surface area contributed by atoms with Gasteiger partial charge in [0.1, 0.15) is 0 Å². The van der Waals surface area contributed by atoms with Crippen LogP contribution >= 0.6 is 0 Å². The average molecular weight is 376 g/mol. The van der Waals surface area contributed by atoms with Gasteiger partial charge in [-0.25, -0.2) is 0 Å². The second kappa shape index (κ2) is 6.22. The Morgan fingerprint density at radius 1 is 0.783 bits per heavy atom. The van der Waals surface area contributed by atoms with Crippen LogP contribution in [0.2, 0.25) is 26.2 Å². The maximum absolute atomic E-state index is 12.9. The van der Waals surface area contributed by atoms with Gasteiger partial charge in [0.2, 0.25) is 8.32 Å². The van der Waals surface area contributed by atoms with Crippen LogP contribution in [-0.2, 0) is 20.9 Å². The molecule has 2 nitrogen and oxygen atoms in total. The quantitative estimate of drug-likeness (QED) is 0.569. The van der Waals surface area contributed by atoms with Crippen molar-refractivity contribution in [3.05, 3.63) is 29.3 Å². The molecule has 1 aromatic rings. The van der Waals surface area contributed by atoms with Gasteiger partial charge < -0.3 is 8.54 Å². The second-order valence-electron chi connectivity index (χ2n) is 6.01. The smallest absolute Gasteiger partial charge is 0.416 e. The van der Waals surface area contributed by atoms with Crippen LogP contribution in [0, 0.1) is 0 Å². The summed E-state index contributed by atoms with van der Waals surface area (Å²) in [6, 6.07) is 1.59. The maximum Gasteiger partial charge on any atom is 0.416 e. The van der Waals surface area contributed by atoms with Crippen LogP contribution in [0.3, 0.4) is 0 Å². The zero-order valence-corrected chi connectivity index (χ0v) is 15.3. The van der Waals surface area contributed by atoms with E-state index in [1.54, 1.807) is 26.2 Å². The molecule has 0 spiro atoms. The van der Waals surface area contributed by atoms with Crippen molar-refractivity contribution in [3.8, 4) is 0 Å². The Bertz CT molecular complexity index is 534. The summed E-state index contributed by atoms with van der Waals surface area (Å²) >= 11 is 0. The largest absolute Gasteiger partial charge is 0.432 e. The van der Waals surface area contributed by atoms with E-state index >= 15 is 0 Å². The molecule has 0 amide bonds. The van der Waals surface area contributed by atoms with Crippen LogP contribution in [-0.4, -0.2) is 24.0 Å². The standard InChI is InChI=1S/C13H18F6O2Si2/c1-20-23(4,5)21-22(2,3)11-7-9(12(14,15)16)6-10(8-11)13(17,18)19/h6-8H,1-5H3. The van der Waals surface area contributed by atoms with Crippen LogP contribution in [0.5, 0.6) is 0 Å². The van der Waals surface area contributed by atoms with Crippen LogP contribution in [0.1, 0.15) is 11.1 Å². The minimum Gasteiger partial charge on any atom is -0.432 e. The number of hydrogen-bond acceptors (Lipinski definition) is 2. The summed E-state index contributed by atoms with van der Waals surface area (Å²) < 4.78 is 88.5.